The zero-order chi connectivity index (χ0) is 11.2. The Morgan fingerprint density at radius 2 is 2.31 bits per heavy atom. The van der Waals surface area contributed by atoms with E-state index in [9.17, 15) is 0 Å². The summed E-state index contributed by atoms with van der Waals surface area (Å²) in [4.78, 5) is 5.30. The van der Waals surface area contributed by atoms with E-state index in [0.29, 0.717) is 18.1 Å². The monoisotopic (exact) mass is 230 g/mol. The summed E-state index contributed by atoms with van der Waals surface area (Å²) >= 11 is 1.70. The summed E-state index contributed by atoms with van der Waals surface area (Å²) in [6.07, 6.45) is 2.47. The molecule has 4 heteroatoms. The zero-order valence-corrected chi connectivity index (χ0v) is 9.41. The Kier molecular flexibility index (Phi) is 3.52. The first-order valence-corrected chi connectivity index (χ1v) is 5.78. The van der Waals surface area contributed by atoms with Crippen LogP contribution in [0.3, 0.4) is 0 Å². The summed E-state index contributed by atoms with van der Waals surface area (Å²) < 4.78 is 5.47. The minimum absolute atomic E-state index is 0.418. The summed E-state index contributed by atoms with van der Waals surface area (Å²) in [6, 6.07) is 9.57. The molecule has 0 aliphatic heterocycles. The van der Waals surface area contributed by atoms with Gasteiger partial charge in [0.2, 0.25) is 5.88 Å². The smallest absolute Gasteiger partial charge is 0.231 e. The van der Waals surface area contributed by atoms with Crippen LogP contribution in [0, 0.1) is 11.3 Å². The molecule has 0 fully saturated rings. The van der Waals surface area contributed by atoms with Gasteiger partial charge in [0.15, 0.2) is 0 Å². The molecule has 0 saturated heterocycles. The fourth-order valence-electron chi connectivity index (χ4n) is 1.29. The third kappa shape index (κ3) is 2.59. The van der Waals surface area contributed by atoms with Crippen LogP contribution in [-0.4, -0.2) is 11.6 Å². The van der Waals surface area contributed by atoms with Gasteiger partial charge in [-0.1, -0.05) is 6.07 Å². The molecule has 2 aromatic heterocycles. The molecule has 16 heavy (non-hydrogen) atoms. The first kappa shape index (κ1) is 10.7. The average molecular weight is 230 g/mol. The second-order valence-electron chi connectivity index (χ2n) is 3.15. The fraction of sp³-hybridized carbons (Fsp3) is 0.167. The topological polar surface area (TPSA) is 45.9 Å². The highest BCUT2D eigenvalue weighted by atomic mass is 32.1. The van der Waals surface area contributed by atoms with Gasteiger partial charge in [-0.05, 0) is 23.6 Å². The van der Waals surface area contributed by atoms with Crippen molar-refractivity contribution in [2.75, 3.05) is 6.61 Å². The van der Waals surface area contributed by atoms with Gasteiger partial charge >= 0.3 is 0 Å². The van der Waals surface area contributed by atoms with Crippen LogP contribution in [0.25, 0.3) is 0 Å². The SMILES string of the molecule is N#Cc1cccnc1OCCc1cccs1. The van der Waals surface area contributed by atoms with Crippen LogP contribution in [0.4, 0.5) is 0 Å². The number of aromatic nitrogens is 1. The normalized spacial score (nSPS) is 9.69. The molecule has 0 aliphatic rings. The van der Waals surface area contributed by atoms with Crippen LogP contribution >= 0.6 is 11.3 Å². The van der Waals surface area contributed by atoms with Crippen LogP contribution in [0.5, 0.6) is 5.88 Å². The number of thiophene rings is 1. The van der Waals surface area contributed by atoms with Crippen molar-refractivity contribution in [1.29, 1.82) is 5.26 Å². The van der Waals surface area contributed by atoms with Crippen molar-refractivity contribution >= 4 is 11.3 Å². The zero-order valence-electron chi connectivity index (χ0n) is 8.59. The van der Waals surface area contributed by atoms with Crippen LogP contribution < -0.4 is 4.74 Å². The summed E-state index contributed by atoms with van der Waals surface area (Å²) in [5, 5.41) is 10.9. The predicted octanol–water partition coefficient (Wildman–Crippen LogP) is 2.64. The van der Waals surface area contributed by atoms with Crippen LogP contribution in [-0.2, 0) is 6.42 Å². The molecule has 0 amide bonds. The van der Waals surface area contributed by atoms with Crippen molar-refractivity contribution in [2.24, 2.45) is 0 Å². The minimum atomic E-state index is 0.418. The lowest BCUT2D eigenvalue weighted by atomic mass is 10.3. The Hall–Kier alpha value is -1.86. The molecule has 0 radical (unpaired) electrons. The highest BCUT2D eigenvalue weighted by Gasteiger charge is 2.03. The summed E-state index contributed by atoms with van der Waals surface area (Å²) in [5.41, 5.74) is 0.480. The van der Waals surface area contributed by atoms with Crippen LogP contribution in [0.2, 0.25) is 0 Å². The molecule has 0 bridgehead atoms. The standard InChI is InChI=1S/C12H10N2OS/c13-9-10-3-1-6-14-12(10)15-7-5-11-4-2-8-16-11/h1-4,6,8H,5,7H2. The number of hydrogen-bond donors (Lipinski definition) is 0. The Morgan fingerprint density at radius 1 is 1.38 bits per heavy atom. The molecule has 0 spiro atoms. The van der Waals surface area contributed by atoms with Gasteiger partial charge in [0.05, 0.1) is 6.61 Å². The van der Waals surface area contributed by atoms with E-state index in [2.05, 4.69) is 17.1 Å². The van der Waals surface area contributed by atoms with E-state index in [1.165, 1.54) is 4.88 Å². The number of hydrogen-bond acceptors (Lipinski definition) is 4. The molecule has 0 unspecified atom stereocenters. The number of nitrogens with zero attached hydrogens (tertiary/aromatic N) is 2. The largest absolute Gasteiger partial charge is 0.476 e. The van der Waals surface area contributed by atoms with Gasteiger partial charge in [0.1, 0.15) is 11.6 Å². The molecule has 2 rings (SSSR count). The molecule has 0 N–H and O–H groups in total. The summed E-state index contributed by atoms with van der Waals surface area (Å²) in [5.74, 6) is 0.418. The van der Waals surface area contributed by atoms with E-state index in [0.717, 1.165) is 6.42 Å². The number of nitriles is 1. The predicted molar refractivity (Wildman–Crippen MR) is 62.5 cm³/mol. The Bertz CT molecular complexity index is 488. The lowest BCUT2D eigenvalue weighted by Crippen LogP contribution is -2.02. The van der Waals surface area contributed by atoms with Crippen molar-refractivity contribution in [3.8, 4) is 11.9 Å². The van der Waals surface area contributed by atoms with E-state index in [-0.39, 0.29) is 0 Å². The maximum atomic E-state index is 8.83. The lowest BCUT2D eigenvalue weighted by molar-refractivity contribution is 0.309. The van der Waals surface area contributed by atoms with E-state index in [1.807, 2.05) is 11.4 Å². The average Bonchev–Trinajstić information content (AvgIpc) is 2.83. The Balaban J connectivity index is 1.93. The molecule has 0 atom stereocenters. The van der Waals surface area contributed by atoms with E-state index in [1.54, 1.807) is 29.7 Å². The van der Waals surface area contributed by atoms with Gasteiger partial charge in [-0.15, -0.1) is 11.3 Å². The van der Waals surface area contributed by atoms with Gasteiger partial charge in [-0.2, -0.15) is 5.26 Å². The van der Waals surface area contributed by atoms with Crippen molar-refractivity contribution < 1.29 is 4.74 Å². The Labute approximate surface area is 97.9 Å². The molecule has 3 nitrogen and oxygen atoms in total. The van der Waals surface area contributed by atoms with Crippen molar-refractivity contribution in [3.05, 3.63) is 46.3 Å². The highest BCUT2D eigenvalue weighted by Crippen LogP contribution is 2.14. The van der Waals surface area contributed by atoms with Crippen LogP contribution in [0.1, 0.15) is 10.4 Å². The molecule has 0 aliphatic carbocycles. The second-order valence-corrected chi connectivity index (χ2v) is 4.18. The highest BCUT2D eigenvalue weighted by molar-refractivity contribution is 7.09. The van der Waals surface area contributed by atoms with Gasteiger partial charge in [0.25, 0.3) is 0 Å². The molecular weight excluding hydrogens is 220 g/mol. The van der Waals surface area contributed by atoms with Gasteiger partial charge in [-0.3, -0.25) is 0 Å². The molecule has 80 valence electrons. The maximum absolute atomic E-state index is 8.83. The summed E-state index contributed by atoms with van der Waals surface area (Å²) in [6.45, 7) is 0.548. The first-order valence-electron chi connectivity index (χ1n) is 4.90. The first-order chi connectivity index (χ1) is 7.90. The number of rotatable bonds is 4. The lowest BCUT2D eigenvalue weighted by Gasteiger charge is -2.04. The van der Waals surface area contributed by atoms with E-state index in [4.69, 9.17) is 10.00 Å². The van der Waals surface area contributed by atoms with Crippen molar-refractivity contribution in [1.82, 2.24) is 4.98 Å². The molecule has 0 saturated carbocycles. The Morgan fingerprint density at radius 3 is 3.06 bits per heavy atom. The third-order valence-electron chi connectivity index (χ3n) is 2.06. The van der Waals surface area contributed by atoms with Crippen LogP contribution in [0.15, 0.2) is 35.8 Å². The quantitative estimate of drug-likeness (QED) is 0.811. The van der Waals surface area contributed by atoms with E-state index >= 15 is 0 Å². The molecule has 2 heterocycles. The third-order valence-corrected chi connectivity index (χ3v) is 3.00. The second kappa shape index (κ2) is 5.29. The number of ether oxygens (including phenoxy) is 1. The fourth-order valence-corrected chi connectivity index (χ4v) is 1.98. The minimum Gasteiger partial charge on any atom is -0.476 e. The van der Waals surface area contributed by atoms with Crippen molar-refractivity contribution in [2.45, 2.75) is 6.42 Å². The summed E-state index contributed by atoms with van der Waals surface area (Å²) in [7, 11) is 0. The van der Waals surface area contributed by atoms with Gasteiger partial charge in [0, 0.05) is 17.5 Å². The van der Waals surface area contributed by atoms with Crippen molar-refractivity contribution in [3.63, 3.8) is 0 Å². The molecule has 2 aromatic rings. The number of pyridine rings is 1. The van der Waals surface area contributed by atoms with Gasteiger partial charge < -0.3 is 4.74 Å². The van der Waals surface area contributed by atoms with Gasteiger partial charge in [-0.25, -0.2) is 4.98 Å². The molecule has 0 aromatic carbocycles. The van der Waals surface area contributed by atoms with E-state index < -0.39 is 0 Å². The maximum Gasteiger partial charge on any atom is 0.231 e. The molecular formula is C12H10N2OS.